The number of hydrogen-bond acceptors (Lipinski definition) is 2. The third-order valence-corrected chi connectivity index (χ3v) is 26.5. The molecule has 2 aliphatic carbocycles. The van der Waals surface area contributed by atoms with Crippen molar-refractivity contribution in [3.63, 3.8) is 0 Å². The van der Waals surface area contributed by atoms with Gasteiger partial charge in [-0.05, 0) is 216 Å². The van der Waals surface area contributed by atoms with Gasteiger partial charge in [-0.1, -0.05) is 392 Å². The summed E-state index contributed by atoms with van der Waals surface area (Å²) in [7, 11) is 0. The molecular weight excluding hydrogens is 1430 g/mol. The molecular formula is C116H76O2. The fraction of sp³-hybridized carbons (Fsp3) is 0.0517. The largest absolute Gasteiger partial charge is 0.455 e. The van der Waals surface area contributed by atoms with E-state index in [0.29, 0.717) is 0 Å². The van der Waals surface area contributed by atoms with Crippen LogP contribution in [0.5, 0.6) is 0 Å². The van der Waals surface area contributed by atoms with E-state index < -0.39 is 0 Å². The molecule has 0 aliphatic heterocycles. The van der Waals surface area contributed by atoms with E-state index >= 15 is 0 Å². The molecule has 552 valence electrons. The number of para-hydroxylation sites is 4. The Morgan fingerprint density at radius 1 is 0.161 bits per heavy atom. The minimum atomic E-state index is -0.119. The molecule has 2 heterocycles. The molecule has 0 spiro atoms. The first-order chi connectivity index (χ1) is 58.1. The Morgan fingerprint density at radius 2 is 0.415 bits per heavy atom. The number of hydrogen-bond donors (Lipinski definition) is 0. The maximum Gasteiger partial charge on any atom is 0.143 e. The summed E-state index contributed by atoms with van der Waals surface area (Å²) in [6.45, 7) is 9.58. The Hall–Kier alpha value is -14.7. The smallest absolute Gasteiger partial charge is 0.143 e. The average Bonchev–Trinajstić information content (AvgIpc) is 1.53. The van der Waals surface area contributed by atoms with Crippen LogP contribution in [0, 0.1) is 0 Å². The van der Waals surface area contributed by atoms with Gasteiger partial charge < -0.3 is 8.83 Å². The summed E-state index contributed by atoms with van der Waals surface area (Å²) in [5.74, 6) is 0. The zero-order valence-corrected chi connectivity index (χ0v) is 65.8. The van der Waals surface area contributed by atoms with E-state index in [1.165, 1.54) is 192 Å². The van der Waals surface area contributed by atoms with Gasteiger partial charge in [-0.3, -0.25) is 0 Å². The summed E-state index contributed by atoms with van der Waals surface area (Å²) in [6.07, 6.45) is 0. The van der Waals surface area contributed by atoms with Crippen molar-refractivity contribution in [2.24, 2.45) is 0 Å². The van der Waals surface area contributed by atoms with Gasteiger partial charge in [-0.25, -0.2) is 0 Å². The van der Waals surface area contributed by atoms with Crippen molar-refractivity contribution >= 4 is 130 Å². The molecule has 0 bridgehead atoms. The van der Waals surface area contributed by atoms with Crippen LogP contribution in [0.4, 0.5) is 0 Å². The van der Waals surface area contributed by atoms with Gasteiger partial charge in [0.15, 0.2) is 0 Å². The first-order valence-corrected chi connectivity index (χ1v) is 41.3. The highest BCUT2D eigenvalue weighted by atomic mass is 16.3. The van der Waals surface area contributed by atoms with E-state index in [-0.39, 0.29) is 10.8 Å². The van der Waals surface area contributed by atoms with Crippen molar-refractivity contribution in [1.29, 1.82) is 0 Å². The molecule has 2 aromatic heterocycles. The first-order valence-electron chi connectivity index (χ1n) is 41.3. The molecule has 0 unspecified atom stereocenters. The van der Waals surface area contributed by atoms with Crippen molar-refractivity contribution < 1.29 is 8.83 Å². The minimum absolute atomic E-state index is 0.110. The second-order valence-electron chi connectivity index (χ2n) is 33.4. The summed E-state index contributed by atoms with van der Waals surface area (Å²) in [5, 5.41) is 25.1. The second-order valence-corrected chi connectivity index (χ2v) is 33.4. The number of rotatable bonds is 7. The Labute approximate surface area is 683 Å². The Balaban J connectivity index is 0.000000135. The lowest BCUT2D eigenvalue weighted by Crippen LogP contribution is -2.15. The molecule has 21 aromatic carbocycles. The van der Waals surface area contributed by atoms with Crippen molar-refractivity contribution in [2.75, 3.05) is 0 Å². The highest BCUT2D eigenvalue weighted by Gasteiger charge is 2.41. The van der Waals surface area contributed by atoms with E-state index in [9.17, 15) is 0 Å². The molecule has 0 saturated carbocycles. The van der Waals surface area contributed by atoms with Gasteiger partial charge in [-0.2, -0.15) is 0 Å². The predicted molar refractivity (Wildman–Crippen MR) is 501 cm³/mol. The zero-order chi connectivity index (χ0) is 78.2. The van der Waals surface area contributed by atoms with Crippen LogP contribution in [0.1, 0.15) is 49.9 Å². The maximum absolute atomic E-state index is 6.60. The van der Waals surface area contributed by atoms with Crippen LogP contribution in [0.2, 0.25) is 0 Å². The number of fused-ring (bicyclic) bond motifs is 26. The van der Waals surface area contributed by atoms with Crippen LogP contribution >= 0.6 is 0 Å². The SMILES string of the molecule is CC1(C)c2ccc(-c3ccc(-c4c5ccccc5c(-c5cccc6c5oc5ccccc56)c5ccccc45)cc3)cc2-c2c1c1ccccc1c1ccccc21.CC1(C)c2ccc(-c3ccc(-c4c5ccccc5c(-c5ccccc5-c5cccc6c5oc5ccccc56)c5ccccc45)cc3)cc2-c2c1c1ccccc1c1ccccc21. The normalized spacial score (nSPS) is 13.2. The molecule has 2 aliphatic rings. The highest BCUT2D eigenvalue weighted by molar-refractivity contribution is 6.27. The lowest BCUT2D eigenvalue weighted by molar-refractivity contribution is 0.666. The van der Waals surface area contributed by atoms with Crippen molar-refractivity contribution in [3.05, 3.63) is 411 Å². The monoisotopic (exact) mass is 1500 g/mol. The molecule has 0 atom stereocenters. The molecule has 0 N–H and O–H groups in total. The topological polar surface area (TPSA) is 26.3 Å². The van der Waals surface area contributed by atoms with Gasteiger partial charge in [0, 0.05) is 49.1 Å². The van der Waals surface area contributed by atoms with Crippen LogP contribution in [-0.4, -0.2) is 0 Å². The van der Waals surface area contributed by atoms with Gasteiger partial charge in [0.2, 0.25) is 0 Å². The fourth-order valence-corrected chi connectivity index (χ4v) is 21.3. The molecule has 25 rings (SSSR count). The van der Waals surface area contributed by atoms with E-state index in [1.807, 2.05) is 12.1 Å². The molecule has 118 heavy (non-hydrogen) atoms. The molecule has 23 aromatic rings. The summed E-state index contributed by atoms with van der Waals surface area (Å²) in [4.78, 5) is 0. The van der Waals surface area contributed by atoms with Gasteiger partial charge in [0.25, 0.3) is 0 Å². The summed E-state index contributed by atoms with van der Waals surface area (Å²) >= 11 is 0. The Bertz CT molecular complexity index is 8110. The maximum atomic E-state index is 6.60. The van der Waals surface area contributed by atoms with E-state index in [4.69, 9.17) is 8.83 Å². The van der Waals surface area contributed by atoms with Crippen LogP contribution in [-0.2, 0) is 10.8 Å². The van der Waals surface area contributed by atoms with Crippen LogP contribution in [0.3, 0.4) is 0 Å². The Morgan fingerprint density at radius 3 is 0.805 bits per heavy atom. The van der Waals surface area contributed by atoms with Crippen molar-refractivity contribution in [1.82, 2.24) is 0 Å². The molecule has 0 radical (unpaired) electrons. The average molecular weight is 1500 g/mol. The third kappa shape index (κ3) is 9.93. The Kier molecular flexibility index (Phi) is 14.9. The van der Waals surface area contributed by atoms with E-state index in [0.717, 1.165) is 60.6 Å². The summed E-state index contributed by atoms with van der Waals surface area (Å²) in [6, 6.07) is 143. The summed E-state index contributed by atoms with van der Waals surface area (Å²) < 4.78 is 13.2. The highest BCUT2D eigenvalue weighted by Crippen LogP contribution is 2.59. The summed E-state index contributed by atoms with van der Waals surface area (Å²) in [5.41, 5.74) is 31.4. The van der Waals surface area contributed by atoms with E-state index in [1.54, 1.807) is 0 Å². The van der Waals surface area contributed by atoms with Crippen LogP contribution in [0.25, 0.3) is 230 Å². The molecule has 2 heteroatoms. The molecule has 0 fully saturated rings. The third-order valence-electron chi connectivity index (χ3n) is 26.5. The lowest BCUT2D eigenvalue weighted by atomic mass is 9.79. The molecule has 0 saturated heterocycles. The van der Waals surface area contributed by atoms with Crippen molar-refractivity contribution in [2.45, 2.75) is 38.5 Å². The minimum Gasteiger partial charge on any atom is -0.455 e. The quantitative estimate of drug-likeness (QED) is 0.117. The predicted octanol–water partition coefficient (Wildman–Crippen LogP) is 32.7. The number of benzene rings is 21. The van der Waals surface area contributed by atoms with Crippen molar-refractivity contribution in [3.8, 4) is 100 Å². The van der Waals surface area contributed by atoms with Gasteiger partial charge in [0.1, 0.15) is 22.3 Å². The lowest BCUT2D eigenvalue weighted by Gasteiger charge is -2.24. The van der Waals surface area contributed by atoms with E-state index in [2.05, 4.69) is 404 Å². The van der Waals surface area contributed by atoms with Gasteiger partial charge >= 0.3 is 0 Å². The van der Waals surface area contributed by atoms with Crippen LogP contribution in [0.15, 0.2) is 397 Å². The second kappa shape index (κ2) is 25.9. The zero-order valence-electron chi connectivity index (χ0n) is 65.8. The molecule has 0 amide bonds. The standard InChI is InChI=1S/C61H40O.C55H36O/c1-61(2)54-35-34-39(36-53(54)58-45-21-7-3-16-40(45)41-17-5-12-26-50(41)59(58)61)37-30-32-38(33-31-37)56-46-22-8-10-24-48(46)57(49-25-11-9-23-47(49)56)44-20-6-4-18-42(44)51-27-15-28-52-43-19-13-14-29-55(43)62-60(51)52;1-55(2)48-31-30-35(32-47(48)52-39-17-5-3-14-36(39)37-15-4-10-22-44(37)53(52)55)33-26-28-34(29-27-33)50-40-18-6-8-20-42(40)51(43-21-9-7-19-41(43)50)46-24-13-23-45-38-16-11-12-25-49(38)56-54(45)46/h3-36H,1-2H3;3-32H,1-2H3. The van der Waals surface area contributed by atoms with Crippen LogP contribution < -0.4 is 0 Å². The van der Waals surface area contributed by atoms with Gasteiger partial charge in [0.05, 0.1) is 0 Å². The fourth-order valence-electron chi connectivity index (χ4n) is 21.3. The number of furan rings is 2. The molecule has 2 nitrogen and oxygen atoms in total. The van der Waals surface area contributed by atoms with Gasteiger partial charge in [-0.15, -0.1) is 0 Å². The first kappa shape index (κ1) is 67.8.